The molecule has 0 aliphatic carbocycles. The Morgan fingerprint density at radius 1 is 1.00 bits per heavy atom. The summed E-state index contributed by atoms with van der Waals surface area (Å²) >= 11 is 1.60. The Balaban J connectivity index is 2.14. The van der Waals surface area contributed by atoms with Gasteiger partial charge in [0.05, 0.1) is 11.9 Å². The first kappa shape index (κ1) is 13.0. The number of benzene rings is 2. The molecule has 0 aliphatic heterocycles. The molecule has 0 radical (unpaired) electrons. The fraction of sp³-hybridized carbons (Fsp3) is 0.200. The molecular formula is C15H16O2S. The number of hydrogen-bond donors (Lipinski definition) is 2. The van der Waals surface area contributed by atoms with Crippen LogP contribution in [0.5, 0.6) is 5.75 Å². The number of aryl methyl sites for hydroxylation is 1. The van der Waals surface area contributed by atoms with E-state index in [0.29, 0.717) is 0 Å². The lowest BCUT2D eigenvalue weighted by Gasteiger charge is -2.14. The molecule has 0 amide bonds. The van der Waals surface area contributed by atoms with Crippen LogP contribution in [0.3, 0.4) is 0 Å². The van der Waals surface area contributed by atoms with Gasteiger partial charge in [0.25, 0.3) is 0 Å². The maximum absolute atomic E-state index is 9.49. The minimum atomic E-state index is 0.0233. The van der Waals surface area contributed by atoms with Crippen LogP contribution < -0.4 is 0 Å². The molecule has 94 valence electrons. The minimum absolute atomic E-state index is 0.0233. The molecular weight excluding hydrogens is 244 g/mol. The second-order valence-electron chi connectivity index (χ2n) is 4.19. The summed E-state index contributed by atoms with van der Waals surface area (Å²) in [6, 6.07) is 15.2. The van der Waals surface area contributed by atoms with Crippen molar-refractivity contribution in [1.29, 1.82) is 0 Å². The van der Waals surface area contributed by atoms with Gasteiger partial charge in [0.2, 0.25) is 0 Å². The highest BCUT2D eigenvalue weighted by molar-refractivity contribution is 7.99. The van der Waals surface area contributed by atoms with Gasteiger partial charge in [-0.1, -0.05) is 29.8 Å². The molecule has 0 saturated carbocycles. The minimum Gasteiger partial charge on any atom is -0.508 e. The van der Waals surface area contributed by atoms with E-state index in [1.54, 1.807) is 23.9 Å². The zero-order chi connectivity index (χ0) is 13.0. The van der Waals surface area contributed by atoms with Crippen molar-refractivity contribution in [2.24, 2.45) is 0 Å². The van der Waals surface area contributed by atoms with Crippen LogP contribution in [0, 0.1) is 6.92 Å². The van der Waals surface area contributed by atoms with Crippen LogP contribution in [0.15, 0.2) is 53.4 Å². The van der Waals surface area contributed by atoms with Gasteiger partial charge in [-0.3, -0.25) is 0 Å². The lowest BCUT2D eigenvalue weighted by molar-refractivity contribution is 0.296. The van der Waals surface area contributed by atoms with Crippen molar-refractivity contribution in [3.8, 4) is 5.75 Å². The van der Waals surface area contributed by atoms with Crippen LogP contribution in [0.2, 0.25) is 0 Å². The number of hydrogen-bond acceptors (Lipinski definition) is 3. The molecule has 0 spiro atoms. The highest BCUT2D eigenvalue weighted by Gasteiger charge is 2.11. The SMILES string of the molecule is Cc1ccc(C(CO)Sc2ccc(O)cc2)cc1. The van der Waals surface area contributed by atoms with Gasteiger partial charge >= 0.3 is 0 Å². The summed E-state index contributed by atoms with van der Waals surface area (Å²) < 4.78 is 0. The molecule has 2 aromatic carbocycles. The zero-order valence-electron chi connectivity index (χ0n) is 10.2. The summed E-state index contributed by atoms with van der Waals surface area (Å²) in [4.78, 5) is 1.03. The van der Waals surface area contributed by atoms with E-state index in [-0.39, 0.29) is 17.6 Å². The fourth-order valence-corrected chi connectivity index (χ4v) is 2.67. The van der Waals surface area contributed by atoms with E-state index < -0.39 is 0 Å². The van der Waals surface area contributed by atoms with Crippen molar-refractivity contribution in [3.63, 3.8) is 0 Å². The smallest absolute Gasteiger partial charge is 0.115 e. The Hall–Kier alpha value is -1.45. The maximum atomic E-state index is 9.49. The molecule has 0 heterocycles. The Labute approximate surface area is 111 Å². The zero-order valence-corrected chi connectivity index (χ0v) is 11.0. The number of aliphatic hydroxyl groups is 1. The summed E-state index contributed by atoms with van der Waals surface area (Å²) in [7, 11) is 0. The van der Waals surface area contributed by atoms with Gasteiger partial charge in [0.15, 0.2) is 0 Å². The van der Waals surface area contributed by atoms with E-state index in [1.807, 2.05) is 31.2 Å². The quantitative estimate of drug-likeness (QED) is 0.826. The first-order valence-electron chi connectivity index (χ1n) is 5.82. The molecule has 0 bridgehead atoms. The van der Waals surface area contributed by atoms with Crippen molar-refractivity contribution < 1.29 is 10.2 Å². The predicted octanol–water partition coefficient (Wildman–Crippen LogP) is 3.53. The Kier molecular flexibility index (Phi) is 4.28. The summed E-state index contributed by atoms with van der Waals surface area (Å²) in [6.07, 6.45) is 0. The molecule has 0 fully saturated rings. The molecule has 1 atom stereocenters. The van der Waals surface area contributed by atoms with E-state index in [4.69, 9.17) is 0 Å². The Morgan fingerprint density at radius 2 is 1.61 bits per heavy atom. The molecule has 0 aliphatic rings. The van der Waals surface area contributed by atoms with Crippen LogP contribution in [0.25, 0.3) is 0 Å². The van der Waals surface area contributed by atoms with E-state index in [2.05, 4.69) is 12.1 Å². The molecule has 1 unspecified atom stereocenters. The van der Waals surface area contributed by atoms with Crippen LogP contribution in [-0.2, 0) is 0 Å². The average Bonchev–Trinajstić information content (AvgIpc) is 2.39. The maximum Gasteiger partial charge on any atom is 0.115 e. The number of phenolic OH excluding ortho intramolecular Hbond substituents is 1. The highest BCUT2D eigenvalue weighted by atomic mass is 32.2. The third kappa shape index (κ3) is 3.28. The molecule has 2 aromatic rings. The van der Waals surface area contributed by atoms with E-state index >= 15 is 0 Å². The number of rotatable bonds is 4. The van der Waals surface area contributed by atoms with Crippen LogP contribution >= 0.6 is 11.8 Å². The molecule has 2 N–H and O–H groups in total. The normalized spacial score (nSPS) is 12.3. The Bertz CT molecular complexity index is 491. The van der Waals surface area contributed by atoms with Crippen molar-refractivity contribution in [3.05, 3.63) is 59.7 Å². The molecule has 0 aromatic heterocycles. The van der Waals surface area contributed by atoms with Gasteiger partial charge in [-0.05, 0) is 36.8 Å². The van der Waals surface area contributed by atoms with Gasteiger partial charge < -0.3 is 10.2 Å². The summed E-state index contributed by atoms with van der Waals surface area (Å²) in [5.41, 5.74) is 2.33. The van der Waals surface area contributed by atoms with Crippen molar-refractivity contribution in [2.75, 3.05) is 6.61 Å². The van der Waals surface area contributed by atoms with Gasteiger partial charge in [0, 0.05) is 4.90 Å². The second kappa shape index (κ2) is 5.94. The van der Waals surface area contributed by atoms with Crippen molar-refractivity contribution >= 4 is 11.8 Å². The monoisotopic (exact) mass is 260 g/mol. The molecule has 18 heavy (non-hydrogen) atoms. The first-order valence-corrected chi connectivity index (χ1v) is 6.70. The van der Waals surface area contributed by atoms with Crippen LogP contribution in [0.4, 0.5) is 0 Å². The van der Waals surface area contributed by atoms with Crippen molar-refractivity contribution in [2.45, 2.75) is 17.1 Å². The van der Waals surface area contributed by atoms with Gasteiger partial charge in [-0.2, -0.15) is 0 Å². The summed E-state index contributed by atoms with van der Waals surface area (Å²) in [5, 5.41) is 18.8. The molecule has 0 saturated heterocycles. The van der Waals surface area contributed by atoms with Crippen LogP contribution in [-0.4, -0.2) is 16.8 Å². The standard InChI is InChI=1S/C15H16O2S/c1-11-2-4-12(5-3-11)15(10-16)18-14-8-6-13(17)7-9-14/h2-9,15-17H,10H2,1H3. The summed E-state index contributed by atoms with van der Waals surface area (Å²) in [5.74, 6) is 0.259. The lowest BCUT2D eigenvalue weighted by Crippen LogP contribution is -1.99. The third-order valence-electron chi connectivity index (χ3n) is 2.73. The van der Waals surface area contributed by atoms with E-state index in [9.17, 15) is 10.2 Å². The summed E-state index contributed by atoms with van der Waals surface area (Å²) in [6.45, 7) is 2.14. The molecule has 2 rings (SSSR count). The Morgan fingerprint density at radius 3 is 2.17 bits per heavy atom. The number of phenols is 1. The van der Waals surface area contributed by atoms with Crippen LogP contribution in [0.1, 0.15) is 16.4 Å². The number of aromatic hydroxyl groups is 1. The molecule has 3 heteroatoms. The van der Waals surface area contributed by atoms with Gasteiger partial charge in [-0.15, -0.1) is 11.8 Å². The third-order valence-corrected chi connectivity index (χ3v) is 3.98. The predicted molar refractivity (Wildman–Crippen MR) is 75.0 cm³/mol. The highest BCUT2D eigenvalue weighted by Crippen LogP contribution is 2.35. The lowest BCUT2D eigenvalue weighted by atomic mass is 10.1. The molecule has 2 nitrogen and oxygen atoms in total. The van der Waals surface area contributed by atoms with Gasteiger partial charge in [0.1, 0.15) is 5.75 Å². The fourth-order valence-electron chi connectivity index (χ4n) is 1.68. The number of aliphatic hydroxyl groups excluding tert-OH is 1. The van der Waals surface area contributed by atoms with Gasteiger partial charge in [-0.25, -0.2) is 0 Å². The topological polar surface area (TPSA) is 40.5 Å². The largest absolute Gasteiger partial charge is 0.508 e. The van der Waals surface area contributed by atoms with Crippen molar-refractivity contribution in [1.82, 2.24) is 0 Å². The van der Waals surface area contributed by atoms with E-state index in [0.717, 1.165) is 10.5 Å². The average molecular weight is 260 g/mol. The first-order chi connectivity index (χ1) is 8.69. The number of thioether (sulfide) groups is 1. The second-order valence-corrected chi connectivity index (χ2v) is 5.47. The van der Waals surface area contributed by atoms with E-state index in [1.165, 1.54) is 5.56 Å².